The van der Waals surface area contributed by atoms with Gasteiger partial charge >= 0.3 is 0 Å². The lowest BCUT2D eigenvalue weighted by Gasteiger charge is -2.29. The molecule has 1 aliphatic heterocycles. The van der Waals surface area contributed by atoms with E-state index in [2.05, 4.69) is 15.3 Å². The van der Waals surface area contributed by atoms with Crippen LogP contribution in [0.2, 0.25) is 5.15 Å². The van der Waals surface area contributed by atoms with E-state index in [-0.39, 0.29) is 22.9 Å². The minimum absolute atomic E-state index is 0.0103. The molecule has 2 aromatic carbocycles. The molecule has 0 aliphatic carbocycles. The molecule has 1 fully saturated rings. The van der Waals surface area contributed by atoms with Gasteiger partial charge in [0.05, 0.1) is 30.1 Å². The zero-order valence-electron chi connectivity index (χ0n) is 18.1. The maximum absolute atomic E-state index is 13.3. The van der Waals surface area contributed by atoms with Crippen LogP contribution < -0.4 is 10.1 Å². The highest BCUT2D eigenvalue weighted by molar-refractivity contribution is 6.33. The van der Waals surface area contributed by atoms with Gasteiger partial charge in [-0.3, -0.25) is 9.69 Å². The Morgan fingerprint density at radius 1 is 1.19 bits per heavy atom. The SMILES string of the molecule is COc1ccccc1[C@H](CNC(=O)c1c(C)nn(-c2ccc(F)cc2)c1Cl)N1CCCC1. The maximum atomic E-state index is 13.3. The molecule has 0 spiro atoms. The molecular weight excluding hydrogens is 431 g/mol. The summed E-state index contributed by atoms with van der Waals surface area (Å²) in [4.78, 5) is 15.5. The normalized spacial score (nSPS) is 15.0. The van der Waals surface area contributed by atoms with Crippen LogP contribution in [0.15, 0.2) is 48.5 Å². The summed E-state index contributed by atoms with van der Waals surface area (Å²) in [6, 6.07) is 13.7. The van der Waals surface area contributed by atoms with Crippen molar-refractivity contribution in [1.29, 1.82) is 0 Å². The van der Waals surface area contributed by atoms with E-state index in [4.69, 9.17) is 16.3 Å². The lowest BCUT2D eigenvalue weighted by Crippen LogP contribution is -2.37. The number of methoxy groups -OCH3 is 1. The molecule has 1 amide bonds. The van der Waals surface area contributed by atoms with Crippen molar-refractivity contribution in [2.24, 2.45) is 0 Å². The maximum Gasteiger partial charge on any atom is 0.256 e. The summed E-state index contributed by atoms with van der Waals surface area (Å²) >= 11 is 6.52. The molecule has 1 atom stereocenters. The van der Waals surface area contributed by atoms with E-state index in [1.165, 1.54) is 16.8 Å². The van der Waals surface area contributed by atoms with Gasteiger partial charge in [-0.25, -0.2) is 9.07 Å². The number of nitrogens with zero attached hydrogens (tertiary/aromatic N) is 3. The predicted molar refractivity (Wildman–Crippen MR) is 122 cm³/mol. The van der Waals surface area contributed by atoms with Gasteiger partial charge in [-0.2, -0.15) is 5.10 Å². The smallest absolute Gasteiger partial charge is 0.256 e. The van der Waals surface area contributed by atoms with E-state index < -0.39 is 0 Å². The van der Waals surface area contributed by atoms with E-state index in [1.54, 1.807) is 26.2 Å². The molecule has 2 heterocycles. The highest BCUT2D eigenvalue weighted by Crippen LogP contribution is 2.31. The summed E-state index contributed by atoms with van der Waals surface area (Å²) in [6.07, 6.45) is 2.27. The third-order valence-corrected chi connectivity index (χ3v) is 6.19. The number of carbonyl (C=O) groups is 1. The number of halogens is 2. The first kappa shape index (κ1) is 22.3. The number of likely N-dealkylation sites (tertiary alicyclic amines) is 1. The lowest BCUT2D eigenvalue weighted by molar-refractivity contribution is 0.0937. The van der Waals surface area contributed by atoms with E-state index in [9.17, 15) is 9.18 Å². The summed E-state index contributed by atoms with van der Waals surface area (Å²) < 4.78 is 20.3. The number of ether oxygens (including phenoxy) is 1. The van der Waals surface area contributed by atoms with Crippen LogP contribution in [-0.4, -0.2) is 47.3 Å². The van der Waals surface area contributed by atoms with Gasteiger partial charge < -0.3 is 10.1 Å². The van der Waals surface area contributed by atoms with Crippen LogP contribution in [0.5, 0.6) is 5.75 Å². The number of benzene rings is 2. The first-order valence-corrected chi connectivity index (χ1v) is 11.0. The molecule has 0 saturated carbocycles. The number of hydrogen-bond donors (Lipinski definition) is 1. The molecule has 0 bridgehead atoms. The molecule has 32 heavy (non-hydrogen) atoms. The van der Waals surface area contributed by atoms with Crippen molar-refractivity contribution in [3.63, 3.8) is 0 Å². The van der Waals surface area contributed by atoms with E-state index in [0.29, 0.717) is 23.5 Å². The summed E-state index contributed by atoms with van der Waals surface area (Å²) in [7, 11) is 1.66. The van der Waals surface area contributed by atoms with Crippen molar-refractivity contribution in [2.75, 3.05) is 26.7 Å². The molecule has 8 heteroatoms. The standard InChI is InChI=1S/C24H26ClFN4O2/c1-16-22(23(25)30(28-16)18-11-9-17(26)10-12-18)24(31)27-15-20(29-13-5-6-14-29)19-7-3-4-8-21(19)32-2/h3-4,7-12,20H,5-6,13-15H2,1-2H3,(H,27,31)/t20-/m0/s1. The average molecular weight is 457 g/mol. The molecule has 1 aliphatic rings. The van der Waals surface area contributed by atoms with Gasteiger partial charge in [0, 0.05) is 12.1 Å². The third-order valence-electron chi connectivity index (χ3n) is 5.84. The first-order valence-electron chi connectivity index (χ1n) is 10.7. The Bertz CT molecular complexity index is 1090. The Balaban J connectivity index is 1.57. The molecule has 4 rings (SSSR count). The Kier molecular flexibility index (Phi) is 6.77. The van der Waals surface area contributed by atoms with Crippen LogP contribution in [0.1, 0.15) is 40.5 Å². The second kappa shape index (κ2) is 9.71. The van der Waals surface area contributed by atoms with Crippen molar-refractivity contribution in [2.45, 2.75) is 25.8 Å². The third kappa shape index (κ3) is 4.49. The number of aromatic nitrogens is 2. The van der Waals surface area contributed by atoms with Crippen molar-refractivity contribution in [3.05, 3.63) is 76.3 Å². The number of hydrogen-bond acceptors (Lipinski definition) is 4. The van der Waals surface area contributed by atoms with Crippen molar-refractivity contribution < 1.29 is 13.9 Å². The van der Waals surface area contributed by atoms with Crippen molar-refractivity contribution >= 4 is 17.5 Å². The van der Waals surface area contributed by atoms with Gasteiger partial charge in [0.25, 0.3) is 5.91 Å². The second-order valence-corrected chi connectivity index (χ2v) is 8.21. The Hall–Kier alpha value is -2.90. The first-order chi connectivity index (χ1) is 15.5. The number of carbonyl (C=O) groups excluding carboxylic acids is 1. The summed E-state index contributed by atoms with van der Waals surface area (Å²) in [6.45, 7) is 4.09. The number of nitrogens with one attached hydrogen (secondary N) is 1. The molecule has 1 saturated heterocycles. The summed E-state index contributed by atoms with van der Waals surface area (Å²) in [5, 5.41) is 7.64. The Labute approximate surface area is 191 Å². The molecule has 168 valence electrons. The second-order valence-electron chi connectivity index (χ2n) is 7.85. The average Bonchev–Trinajstić information content (AvgIpc) is 3.43. The highest BCUT2D eigenvalue weighted by Gasteiger charge is 2.28. The fourth-order valence-corrected chi connectivity index (χ4v) is 4.58. The van der Waals surface area contributed by atoms with Crippen molar-refractivity contribution in [3.8, 4) is 11.4 Å². The molecule has 0 radical (unpaired) electrons. The molecule has 0 unspecified atom stereocenters. The molecule has 1 aromatic heterocycles. The number of aryl methyl sites for hydroxylation is 1. The fraction of sp³-hybridized carbons (Fsp3) is 0.333. The van der Waals surface area contributed by atoms with Gasteiger partial charge in [0.2, 0.25) is 0 Å². The van der Waals surface area contributed by atoms with Gasteiger partial charge in [-0.1, -0.05) is 29.8 Å². The van der Waals surface area contributed by atoms with Crippen LogP contribution in [0, 0.1) is 12.7 Å². The topological polar surface area (TPSA) is 59.4 Å². The Morgan fingerprint density at radius 3 is 2.56 bits per heavy atom. The van der Waals surface area contributed by atoms with Crippen molar-refractivity contribution in [1.82, 2.24) is 20.0 Å². The molecule has 3 aromatic rings. The number of amides is 1. The number of rotatable bonds is 7. The van der Waals surface area contributed by atoms with E-state index >= 15 is 0 Å². The fourth-order valence-electron chi connectivity index (χ4n) is 4.22. The zero-order valence-corrected chi connectivity index (χ0v) is 18.9. The number of para-hydroxylation sites is 1. The van der Waals surface area contributed by atoms with Gasteiger partial charge in [0.15, 0.2) is 0 Å². The summed E-state index contributed by atoms with van der Waals surface area (Å²) in [5.41, 5.74) is 2.45. The lowest BCUT2D eigenvalue weighted by atomic mass is 10.0. The predicted octanol–water partition coefficient (Wildman–Crippen LogP) is 4.55. The zero-order chi connectivity index (χ0) is 22.7. The van der Waals surface area contributed by atoms with Crippen LogP contribution in [-0.2, 0) is 0 Å². The highest BCUT2D eigenvalue weighted by atomic mass is 35.5. The van der Waals surface area contributed by atoms with E-state index in [0.717, 1.165) is 37.2 Å². The molecular formula is C24H26ClFN4O2. The molecule has 1 N–H and O–H groups in total. The van der Waals surface area contributed by atoms with Crippen LogP contribution in [0.25, 0.3) is 5.69 Å². The Morgan fingerprint density at radius 2 is 1.88 bits per heavy atom. The monoisotopic (exact) mass is 456 g/mol. The minimum Gasteiger partial charge on any atom is -0.496 e. The minimum atomic E-state index is -0.351. The molecule has 6 nitrogen and oxygen atoms in total. The van der Waals surface area contributed by atoms with Gasteiger partial charge in [0.1, 0.15) is 16.7 Å². The van der Waals surface area contributed by atoms with Crippen LogP contribution >= 0.6 is 11.6 Å². The summed E-state index contributed by atoms with van der Waals surface area (Å²) in [5.74, 6) is 0.160. The van der Waals surface area contributed by atoms with Crippen LogP contribution in [0.4, 0.5) is 4.39 Å². The van der Waals surface area contributed by atoms with E-state index in [1.807, 2.05) is 24.3 Å². The largest absolute Gasteiger partial charge is 0.496 e. The van der Waals surface area contributed by atoms with Crippen LogP contribution in [0.3, 0.4) is 0 Å². The van der Waals surface area contributed by atoms with Gasteiger partial charge in [-0.15, -0.1) is 0 Å². The quantitative estimate of drug-likeness (QED) is 0.566. The van der Waals surface area contributed by atoms with Gasteiger partial charge in [-0.05, 0) is 63.2 Å².